The molecular formula is C21H25NO3S. The van der Waals surface area contributed by atoms with Gasteiger partial charge in [-0.25, -0.2) is 8.42 Å². The van der Waals surface area contributed by atoms with Crippen molar-refractivity contribution in [1.82, 2.24) is 4.90 Å². The SMILES string of the molecule is O=S(=O)(c1ccc(O)cc1)C1CCN([C@H]2C[C@H](Cc3ccccc3)C2)C1. The molecule has 26 heavy (non-hydrogen) atoms. The molecule has 0 spiro atoms. The maximum absolute atomic E-state index is 12.8. The van der Waals surface area contributed by atoms with Crippen LogP contribution >= 0.6 is 0 Å². The number of phenolic OH excluding ortho intramolecular Hbond substituents is 1. The van der Waals surface area contributed by atoms with Crippen molar-refractivity contribution in [2.24, 2.45) is 5.92 Å². The summed E-state index contributed by atoms with van der Waals surface area (Å²) in [5, 5.41) is 9.04. The van der Waals surface area contributed by atoms with E-state index in [4.69, 9.17) is 0 Å². The highest BCUT2D eigenvalue weighted by Gasteiger charge is 2.41. The molecule has 0 bridgehead atoms. The molecule has 5 heteroatoms. The van der Waals surface area contributed by atoms with Gasteiger partial charge in [0.1, 0.15) is 5.75 Å². The Kier molecular flexibility index (Phi) is 4.76. The second kappa shape index (κ2) is 7.05. The number of likely N-dealkylation sites (tertiary alicyclic amines) is 1. The summed E-state index contributed by atoms with van der Waals surface area (Å²) in [7, 11) is -3.32. The monoisotopic (exact) mass is 371 g/mol. The Balaban J connectivity index is 1.32. The molecule has 1 heterocycles. The number of sulfone groups is 1. The summed E-state index contributed by atoms with van der Waals surface area (Å²) in [5.41, 5.74) is 1.39. The summed E-state index contributed by atoms with van der Waals surface area (Å²) in [6, 6.07) is 17.0. The van der Waals surface area contributed by atoms with Crippen LogP contribution in [0.25, 0.3) is 0 Å². The van der Waals surface area contributed by atoms with Crippen molar-refractivity contribution in [3.05, 3.63) is 60.2 Å². The van der Waals surface area contributed by atoms with Gasteiger partial charge in [-0.1, -0.05) is 30.3 Å². The fourth-order valence-corrected chi connectivity index (χ4v) is 5.98. The molecular weight excluding hydrogens is 346 g/mol. The fourth-order valence-electron chi connectivity index (χ4n) is 4.28. The molecule has 4 nitrogen and oxygen atoms in total. The summed E-state index contributed by atoms with van der Waals surface area (Å²) in [5.74, 6) is 0.811. The third kappa shape index (κ3) is 3.51. The van der Waals surface area contributed by atoms with Gasteiger partial charge >= 0.3 is 0 Å². The van der Waals surface area contributed by atoms with E-state index in [2.05, 4.69) is 29.2 Å². The van der Waals surface area contributed by atoms with Gasteiger partial charge in [-0.2, -0.15) is 0 Å². The first-order valence-electron chi connectivity index (χ1n) is 9.33. The number of benzene rings is 2. The third-order valence-corrected chi connectivity index (χ3v) is 8.07. The Morgan fingerprint density at radius 3 is 2.38 bits per heavy atom. The van der Waals surface area contributed by atoms with Gasteiger partial charge in [-0.05, 0) is 68.0 Å². The minimum atomic E-state index is -3.32. The summed E-state index contributed by atoms with van der Waals surface area (Å²) >= 11 is 0. The van der Waals surface area contributed by atoms with Gasteiger partial charge in [-0.3, -0.25) is 4.90 Å². The Morgan fingerprint density at radius 1 is 1.00 bits per heavy atom. The van der Waals surface area contributed by atoms with E-state index in [9.17, 15) is 13.5 Å². The molecule has 2 aromatic carbocycles. The Labute approximate surface area is 155 Å². The number of phenols is 1. The van der Waals surface area contributed by atoms with Crippen molar-refractivity contribution in [1.29, 1.82) is 0 Å². The molecule has 1 N–H and O–H groups in total. The fraction of sp³-hybridized carbons (Fsp3) is 0.429. The van der Waals surface area contributed by atoms with E-state index in [0.29, 0.717) is 23.9 Å². The van der Waals surface area contributed by atoms with E-state index < -0.39 is 9.84 Å². The molecule has 4 rings (SSSR count). The maximum Gasteiger partial charge on any atom is 0.182 e. The van der Waals surface area contributed by atoms with Crippen LogP contribution in [-0.2, 0) is 16.3 Å². The summed E-state index contributed by atoms with van der Waals surface area (Å²) in [6.07, 6.45) is 4.16. The molecule has 2 aromatic rings. The van der Waals surface area contributed by atoms with E-state index >= 15 is 0 Å². The van der Waals surface area contributed by atoms with Crippen molar-refractivity contribution in [2.75, 3.05) is 13.1 Å². The smallest absolute Gasteiger partial charge is 0.182 e. The number of nitrogens with zero attached hydrogens (tertiary/aromatic N) is 1. The Morgan fingerprint density at radius 2 is 1.69 bits per heavy atom. The molecule has 138 valence electrons. The van der Waals surface area contributed by atoms with Gasteiger partial charge in [0.05, 0.1) is 10.1 Å². The van der Waals surface area contributed by atoms with Crippen LogP contribution in [0, 0.1) is 5.92 Å². The topological polar surface area (TPSA) is 57.6 Å². The van der Waals surface area contributed by atoms with E-state index in [-0.39, 0.29) is 11.0 Å². The quantitative estimate of drug-likeness (QED) is 0.876. The highest BCUT2D eigenvalue weighted by Crippen LogP contribution is 2.37. The zero-order valence-corrected chi connectivity index (χ0v) is 15.6. The largest absolute Gasteiger partial charge is 0.508 e. The summed E-state index contributed by atoms with van der Waals surface area (Å²) < 4.78 is 25.6. The van der Waals surface area contributed by atoms with Gasteiger partial charge in [0.25, 0.3) is 0 Å². The average Bonchev–Trinajstić information content (AvgIpc) is 3.09. The molecule has 0 amide bonds. The molecule has 0 radical (unpaired) electrons. The van der Waals surface area contributed by atoms with Crippen LogP contribution < -0.4 is 0 Å². The molecule has 1 aliphatic carbocycles. The molecule has 2 fully saturated rings. The number of aromatic hydroxyl groups is 1. The van der Waals surface area contributed by atoms with E-state index in [1.807, 2.05) is 6.07 Å². The third-order valence-electron chi connectivity index (χ3n) is 5.87. The normalized spacial score (nSPS) is 26.5. The molecule has 1 atom stereocenters. The zero-order valence-electron chi connectivity index (χ0n) is 14.8. The van der Waals surface area contributed by atoms with Crippen LogP contribution in [0.1, 0.15) is 24.8 Å². The van der Waals surface area contributed by atoms with Crippen LogP contribution in [0.15, 0.2) is 59.5 Å². The van der Waals surface area contributed by atoms with Gasteiger partial charge < -0.3 is 5.11 Å². The van der Waals surface area contributed by atoms with Crippen molar-refractivity contribution in [3.63, 3.8) is 0 Å². The molecule has 1 saturated carbocycles. The molecule has 1 unspecified atom stereocenters. The molecule has 1 saturated heterocycles. The average molecular weight is 372 g/mol. The van der Waals surface area contributed by atoms with Crippen molar-refractivity contribution in [3.8, 4) is 5.75 Å². The van der Waals surface area contributed by atoms with Gasteiger partial charge in [0, 0.05) is 12.6 Å². The van der Waals surface area contributed by atoms with E-state index in [0.717, 1.165) is 18.9 Å². The van der Waals surface area contributed by atoms with Crippen molar-refractivity contribution < 1.29 is 13.5 Å². The first-order valence-corrected chi connectivity index (χ1v) is 10.9. The van der Waals surface area contributed by atoms with Gasteiger partial charge in [0.2, 0.25) is 0 Å². The lowest BCUT2D eigenvalue weighted by molar-refractivity contribution is 0.100. The van der Waals surface area contributed by atoms with Crippen LogP contribution in [0.3, 0.4) is 0 Å². The van der Waals surface area contributed by atoms with Crippen molar-refractivity contribution >= 4 is 9.84 Å². The lowest BCUT2D eigenvalue weighted by atomic mass is 9.76. The highest BCUT2D eigenvalue weighted by molar-refractivity contribution is 7.92. The number of hydrogen-bond acceptors (Lipinski definition) is 4. The summed E-state index contributed by atoms with van der Waals surface area (Å²) in [4.78, 5) is 2.68. The van der Waals surface area contributed by atoms with Gasteiger partial charge in [0.15, 0.2) is 9.84 Å². The van der Waals surface area contributed by atoms with Crippen LogP contribution in [-0.4, -0.2) is 42.8 Å². The van der Waals surface area contributed by atoms with Crippen LogP contribution in [0.5, 0.6) is 5.75 Å². The minimum absolute atomic E-state index is 0.0934. The first-order chi connectivity index (χ1) is 12.5. The predicted octanol–water partition coefficient (Wildman–Crippen LogP) is 3.26. The first kappa shape index (κ1) is 17.6. The second-order valence-electron chi connectivity index (χ2n) is 7.63. The minimum Gasteiger partial charge on any atom is -0.508 e. The summed E-state index contributed by atoms with van der Waals surface area (Å²) in [6.45, 7) is 1.50. The number of hydrogen-bond donors (Lipinski definition) is 1. The van der Waals surface area contributed by atoms with Crippen LogP contribution in [0.2, 0.25) is 0 Å². The maximum atomic E-state index is 12.8. The molecule has 1 aliphatic heterocycles. The zero-order chi connectivity index (χ0) is 18.1. The standard InChI is InChI=1S/C21H25NO3S/c23-19-6-8-20(9-7-19)26(24,25)21-10-11-22(15-21)18-13-17(14-18)12-16-4-2-1-3-5-16/h1-9,17-18,21,23H,10-15H2/t17-,18-,21?. The van der Waals surface area contributed by atoms with E-state index in [1.165, 1.54) is 42.7 Å². The lowest BCUT2D eigenvalue weighted by Gasteiger charge is -2.41. The van der Waals surface area contributed by atoms with Crippen molar-refractivity contribution in [2.45, 2.75) is 41.9 Å². The van der Waals surface area contributed by atoms with Gasteiger partial charge in [-0.15, -0.1) is 0 Å². The Bertz CT molecular complexity index is 843. The lowest BCUT2D eigenvalue weighted by Crippen LogP contribution is -2.44. The number of rotatable bonds is 5. The predicted molar refractivity (Wildman–Crippen MR) is 102 cm³/mol. The van der Waals surface area contributed by atoms with E-state index in [1.54, 1.807) is 0 Å². The second-order valence-corrected chi connectivity index (χ2v) is 9.85. The van der Waals surface area contributed by atoms with Crippen LogP contribution in [0.4, 0.5) is 0 Å². The molecule has 2 aliphatic rings. The Hall–Kier alpha value is -1.85. The molecule has 0 aromatic heterocycles. The highest BCUT2D eigenvalue weighted by atomic mass is 32.2.